The number of carboxylic acids is 1. The Morgan fingerprint density at radius 1 is 0.976 bits per heavy atom. The number of benzene rings is 3. The number of hydrogen-bond donors (Lipinski definition) is 4. The Balaban J connectivity index is 0.00000108. The van der Waals surface area contributed by atoms with E-state index in [1.165, 1.54) is 4.68 Å². The highest BCUT2D eigenvalue weighted by Crippen LogP contribution is 2.41. The first-order chi connectivity index (χ1) is 19.6. The second kappa shape index (κ2) is 13.7. The number of nitrogen functional groups attached to an aromatic ring is 1. The number of nitrogens with two attached hydrogens (primary N) is 1. The summed E-state index contributed by atoms with van der Waals surface area (Å²) in [5, 5.41) is 19.7. The van der Waals surface area contributed by atoms with Gasteiger partial charge in [-0.05, 0) is 41.8 Å². The highest BCUT2D eigenvalue weighted by Gasteiger charge is 2.25. The van der Waals surface area contributed by atoms with E-state index < -0.39 is 11.7 Å². The maximum atomic E-state index is 13.0. The van der Waals surface area contributed by atoms with E-state index in [2.05, 4.69) is 10.1 Å². The third-order valence-corrected chi connectivity index (χ3v) is 6.07. The fourth-order valence-corrected chi connectivity index (χ4v) is 4.20. The van der Waals surface area contributed by atoms with Gasteiger partial charge in [0.15, 0.2) is 11.5 Å². The van der Waals surface area contributed by atoms with Crippen molar-refractivity contribution < 1.29 is 28.8 Å². The molecule has 12 nitrogen and oxygen atoms in total. The van der Waals surface area contributed by atoms with Crippen molar-refractivity contribution in [2.24, 2.45) is 5.73 Å². The Kier molecular flexibility index (Phi) is 10.1. The van der Waals surface area contributed by atoms with Crippen LogP contribution < -0.4 is 30.4 Å². The minimum Gasteiger partial charge on any atom is -0.494 e. The minimum absolute atomic E-state index is 0.00684. The van der Waals surface area contributed by atoms with Crippen molar-refractivity contribution in [3.63, 3.8) is 0 Å². The highest BCUT2D eigenvalue weighted by atomic mass is 16.5. The molecule has 3 aromatic carbocycles. The van der Waals surface area contributed by atoms with Gasteiger partial charge >= 0.3 is 5.69 Å². The standard InChI is InChI=1S/C27H29N5O5.C2H4O2/c1-34-21-8-6-5-7-20(21)32-27(33)30-26(31-32)19(13-16-9-11-17(12-10-16)25(28)29)18-14-22(35-2)24(37-4)23(15-18)36-3;1-2(3)4/h5-12,14-15,19H,13H2,1-4H3,(H3,28,29)(H,30,31,33);1H3,(H,3,4). The number of nitrogens with zero attached hydrogens (tertiary/aromatic N) is 2. The van der Waals surface area contributed by atoms with Crippen molar-refractivity contribution in [3.8, 4) is 28.7 Å². The SMILES string of the molecule is CC(=O)O.COc1ccccc1-n1nc(C(Cc2ccc(C(=N)N)cc2)c2cc(OC)c(OC)c(OC)c2)[nH]c1=O. The van der Waals surface area contributed by atoms with E-state index in [9.17, 15) is 4.79 Å². The quantitative estimate of drug-likeness (QED) is 0.167. The van der Waals surface area contributed by atoms with Crippen LogP contribution in [0.1, 0.15) is 35.4 Å². The average Bonchev–Trinajstić information content (AvgIpc) is 3.35. The second-order valence-electron chi connectivity index (χ2n) is 8.74. The number of aromatic amines is 1. The molecule has 1 heterocycles. The molecule has 0 saturated heterocycles. The van der Waals surface area contributed by atoms with E-state index in [1.807, 2.05) is 36.4 Å². The molecule has 216 valence electrons. The molecule has 4 rings (SSSR count). The van der Waals surface area contributed by atoms with Crippen LogP contribution in [0, 0.1) is 5.41 Å². The molecule has 0 spiro atoms. The van der Waals surface area contributed by atoms with E-state index in [4.69, 9.17) is 40.0 Å². The summed E-state index contributed by atoms with van der Waals surface area (Å²) in [6, 6.07) is 18.2. The van der Waals surface area contributed by atoms with Crippen LogP contribution in [0.2, 0.25) is 0 Å². The second-order valence-corrected chi connectivity index (χ2v) is 8.74. The number of carbonyl (C=O) groups is 1. The number of aromatic nitrogens is 3. The monoisotopic (exact) mass is 563 g/mol. The lowest BCUT2D eigenvalue weighted by atomic mass is 9.90. The van der Waals surface area contributed by atoms with Crippen molar-refractivity contribution >= 4 is 11.8 Å². The number of amidine groups is 1. The van der Waals surface area contributed by atoms with Gasteiger partial charge in [0.25, 0.3) is 5.97 Å². The van der Waals surface area contributed by atoms with Crippen LogP contribution in [-0.2, 0) is 11.2 Å². The van der Waals surface area contributed by atoms with Crippen molar-refractivity contribution in [1.82, 2.24) is 14.8 Å². The molecule has 0 bridgehead atoms. The van der Waals surface area contributed by atoms with Gasteiger partial charge in [0.05, 0.1) is 28.4 Å². The summed E-state index contributed by atoms with van der Waals surface area (Å²) in [6.07, 6.45) is 0.482. The van der Waals surface area contributed by atoms with E-state index in [0.717, 1.165) is 18.1 Å². The number of methoxy groups -OCH3 is 4. The Morgan fingerprint density at radius 2 is 1.54 bits per heavy atom. The lowest BCUT2D eigenvalue weighted by Gasteiger charge is -2.19. The van der Waals surface area contributed by atoms with E-state index >= 15 is 0 Å². The Hall–Kier alpha value is -5.26. The number of hydrogen-bond acceptors (Lipinski definition) is 8. The summed E-state index contributed by atoms with van der Waals surface area (Å²) < 4.78 is 23.3. The molecule has 1 unspecified atom stereocenters. The van der Waals surface area contributed by atoms with Gasteiger partial charge < -0.3 is 29.8 Å². The fourth-order valence-electron chi connectivity index (χ4n) is 4.20. The zero-order valence-corrected chi connectivity index (χ0v) is 23.4. The number of ether oxygens (including phenoxy) is 4. The predicted octanol–water partition coefficient (Wildman–Crippen LogP) is 3.34. The van der Waals surface area contributed by atoms with Gasteiger partial charge in [-0.3, -0.25) is 15.2 Å². The summed E-state index contributed by atoms with van der Waals surface area (Å²) >= 11 is 0. The molecule has 0 aliphatic rings. The summed E-state index contributed by atoms with van der Waals surface area (Å²) in [4.78, 5) is 25.0. The van der Waals surface area contributed by atoms with Gasteiger partial charge in [0.2, 0.25) is 5.75 Å². The smallest absolute Gasteiger partial charge is 0.348 e. The average molecular weight is 564 g/mol. The maximum Gasteiger partial charge on any atom is 0.348 e. The van der Waals surface area contributed by atoms with Crippen molar-refractivity contribution in [3.05, 3.63) is 93.7 Å². The first-order valence-corrected chi connectivity index (χ1v) is 12.4. The lowest BCUT2D eigenvalue weighted by Crippen LogP contribution is -2.16. The van der Waals surface area contributed by atoms with Crippen LogP contribution in [0.4, 0.5) is 0 Å². The van der Waals surface area contributed by atoms with Crippen LogP contribution in [-0.4, -0.2) is 60.1 Å². The number of rotatable bonds is 10. The molecule has 0 amide bonds. The molecule has 41 heavy (non-hydrogen) atoms. The molecule has 12 heteroatoms. The van der Waals surface area contributed by atoms with E-state index in [1.54, 1.807) is 52.7 Å². The predicted molar refractivity (Wildman–Crippen MR) is 153 cm³/mol. The molecule has 1 atom stereocenters. The van der Waals surface area contributed by atoms with Crippen molar-refractivity contribution in [2.45, 2.75) is 19.3 Å². The molecule has 0 aliphatic heterocycles. The third kappa shape index (κ3) is 7.24. The van der Waals surface area contributed by atoms with Crippen LogP contribution in [0.5, 0.6) is 23.0 Å². The lowest BCUT2D eigenvalue weighted by molar-refractivity contribution is -0.134. The third-order valence-electron chi connectivity index (χ3n) is 6.07. The zero-order chi connectivity index (χ0) is 30.1. The van der Waals surface area contributed by atoms with E-state index in [-0.39, 0.29) is 11.8 Å². The van der Waals surface area contributed by atoms with Crippen molar-refractivity contribution in [1.29, 1.82) is 5.41 Å². The van der Waals surface area contributed by atoms with Gasteiger partial charge in [-0.15, -0.1) is 5.10 Å². The largest absolute Gasteiger partial charge is 0.494 e. The summed E-state index contributed by atoms with van der Waals surface area (Å²) in [5.74, 6) is 1.17. The van der Waals surface area contributed by atoms with Gasteiger partial charge in [0, 0.05) is 18.4 Å². The number of H-pyrrole nitrogens is 1. The molecule has 0 radical (unpaired) electrons. The maximum absolute atomic E-state index is 13.0. The molecular weight excluding hydrogens is 530 g/mol. The fraction of sp³-hybridized carbons (Fsp3) is 0.241. The number of aliphatic carboxylic acids is 1. The molecule has 1 aromatic heterocycles. The minimum atomic E-state index is -0.833. The number of nitrogens with one attached hydrogen (secondary N) is 2. The molecule has 0 fully saturated rings. The molecular formula is C29H33N5O7. The Bertz CT molecular complexity index is 1530. The van der Waals surface area contributed by atoms with Crippen molar-refractivity contribution in [2.75, 3.05) is 28.4 Å². The molecule has 5 N–H and O–H groups in total. The highest BCUT2D eigenvalue weighted by molar-refractivity contribution is 5.94. The van der Waals surface area contributed by atoms with Crippen LogP contribution in [0.15, 0.2) is 65.5 Å². The Morgan fingerprint density at radius 3 is 2.05 bits per heavy atom. The topological polar surface area (TPSA) is 175 Å². The van der Waals surface area contributed by atoms with Crippen LogP contribution in [0.25, 0.3) is 5.69 Å². The molecule has 4 aromatic rings. The van der Waals surface area contributed by atoms with Gasteiger partial charge in [-0.2, -0.15) is 4.68 Å². The summed E-state index contributed by atoms with van der Waals surface area (Å²) in [7, 11) is 6.19. The number of para-hydroxylation sites is 2. The van der Waals surface area contributed by atoms with Crippen LogP contribution in [0.3, 0.4) is 0 Å². The van der Waals surface area contributed by atoms with Gasteiger partial charge in [-0.1, -0.05) is 36.4 Å². The first-order valence-electron chi connectivity index (χ1n) is 12.4. The Labute approximate surface area is 236 Å². The van der Waals surface area contributed by atoms with Gasteiger partial charge in [0.1, 0.15) is 23.1 Å². The number of carboxylic acid groups (broad SMARTS) is 1. The van der Waals surface area contributed by atoms with Crippen LogP contribution >= 0.6 is 0 Å². The summed E-state index contributed by atoms with van der Waals surface area (Å²) in [5.41, 5.74) is 8.12. The summed E-state index contributed by atoms with van der Waals surface area (Å²) in [6.45, 7) is 1.08. The first kappa shape index (κ1) is 30.3. The molecule has 0 saturated carbocycles. The zero-order valence-electron chi connectivity index (χ0n) is 23.4. The van der Waals surface area contributed by atoms with Gasteiger partial charge in [-0.25, -0.2) is 4.79 Å². The normalized spacial score (nSPS) is 11.0. The van der Waals surface area contributed by atoms with E-state index in [0.29, 0.717) is 46.5 Å². The molecule has 0 aliphatic carbocycles.